The Balaban J connectivity index is 2.58. The van der Waals surface area contributed by atoms with Crippen LogP contribution >= 0.6 is 0 Å². The predicted octanol–water partition coefficient (Wildman–Crippen LogP) is 2.40. The first-order valence-electron chi connectivity index (χ1n) is 5.78. The maximum Gasteiger partial charge on any atom is 0.313 e. The number of benzene rings is 1. The molecule has 4 nitrogen and oxygen atoms in total. The number of carbonyl (C=O) groups excluding carboxylic acids is 2. The van der Waals surface area contributed by atoms with Crippen LogP contribution in [0.25, 0.3) is 6.08 Å². The molecule has 4 heteroatoms. The van der Waals surface area contributed by atoms with Crippen LogP contribution in [0.15, 0.2) is 43.0 Å². The lowest BCUT2D eigenvalue weighted by Crippen LogP contribution is -2.09. The van der Waals surface area contributed by atoms with Crippen LogP contribution in [0.2, 0.25) is 0 Å². The summed E-state index contributed by atoms with van der Waals surface area (Å²) in [7, 11) is 1.56. The molecule has 0 radical (unpaired) electrons. The van der Waals surface area contributed by atoms with Crippen LogP contribution in [0.4, 0.5) is 0 Å². The lowest BCUT2D eigenvalue weighted by atomic mass is 10.1. The fourth-order valence-electron chi connectivity index (χ4n) is 1.39. The minimum atomic E-state index is -0.561. The first-order valence-corrected chi connectivity index (χ1v) is 5.78. The first-order chi connectivity index (χ1) is 9.17. The highest BCUT2D eigenvalue weighted by Gasteiger charge is 2.07. The van der Waals surface area contributed by atoms with E-state index in [0.29, 0.717) is 5.75 Å². The summed E-state index contributed by atoms with van der Waals surface area (Å²) in [6.45, 7) is 3.53. The highest BCUT2D eigenvalue weighted by molar-refractivity contribution is 6.04. The van der Waals surface area contributed by atoms with Gasteiger partial charge in [-0.1, -0.05) is 30.9 Å². The van der Waals surface area contributed by atoms with Gasteiger partial charge in [0.2, 0.25) is 0 Å². The maximum absolute atomic E-state index is 11.5. The number of allylic oxidation sites excluding steroid dienone is 1. The summed E-state index contributed by atoms with van der Waals surface area (Å²) in [4.78, 5) is 22.7. The zero-order valence-corrected chi connectivity index (χ0v) is 10.8. The van der Waals surface area contributed by atoms with E-state index in [4.69, 9.17) is 9.47 Å². The summed E-state index contributed by atoms with van der Waals surface area (Å²) in [5.74, 6) is -0.213. The number of methoxy groups -OCH3 is 1. The molecule has 1 rings (SSSR count). The van der Waals surface area contributed by atoms with E-state index in [-0.39, 0.29) is 18.8 Å². The van der Waals surface area contributed by atoms with Crippen LogP contribution in [0.5, 0.6) is 5.75 Å². The normalized spacial score (nSPS) is 10.2. The fourth-order valence-corrected chi connectivity index (χ4v) is 1.39. The molecule has 0 aromatic heterocycles. The topological polar surface area (TPSA) is 52.6 Å². The number of para-hydroxylation sites is 1. The number of carbonyl (C=O) groups is 2. The number of rotatable bonds is 7. The van der Waals surface area contributed by atoms with Gasteiger partial charge in [0.05, 0.1) is 7.11 Å². The van der Waals surface area contributed by atoms with E-state index in [9.17, 15) is 9.59 Å². The third-order valence-corrected chi connectivity index (χ3v) is 2.27. The van der Waals surface area contributed by atoms with Gasteiger partial charge in [-0.15, -0.1) is 0 Å². The molecule has 0 aliphatic carbocycles. The molecule has 0 fully saturated rings. The number of ketones is 1. The second-order valence-electron chi connectivity index (χ2n) is 3.69. The molecule has 0 saturated heterocycles. The molecular weight excluding hydrogens is 244 g/mol. The quantitative estimate of drug-likeness (QED) is 0.327. The van der Waals surface area contributed by atoms with Gasteiger partial charge in [0, 0.05) is 5.56 Å². The van der Waals surface area contributed by atoms with Crippen molar-refractivity contribution >= 4 is 17.8 Å². The predicted molar refractivity (Wildman–Crippen MR) is 72.8 cm³/mol. The molecule has 0 aliphatic heterocycles. The molecular formula is C15H16O4. The summed E-state index contributed by atoms with van der Waals surface area (Å²) in [6, 6.07) is 7.29. The highest BCUT2D eigenvalue weighted by atomic mass is 16.5. The van der Waals surface area contributed by atoms with Crippen molar-refractivity contribution in [3.05, 3.63) is 48.6 Å². The standard InChI is InChI=1S/C15H16O4/c1-3-10-19-15(17)11-13(16)9-8-12-6-4-5-7-14(12)18-2/h3-9H,1,10-11H2,2H3. The van der Waals surface area contributed by atoms with Gasteiger partial charge in [0.1, 0.15) is 18.8 Å². The number of esters is 1. The van der Waals surface area contributed by atoms with Crippen LogP contribution in [-0.2, 0) is 14.3 Å². The largest absolute Gasteiger partial charge is 0.496 e. The van der Waals surface area contributed by atoms with E-state index < -0.39 is 5.97 Å². The molecule has 19 heavy (non-hydrogen) atoms. The Morgan fingerprint density at radius 1 is 1.32 bits per heavy atom. The smallest absolute Gasteiger partial charge is 0.313 e. The summed E-state index contributed by atoms with van der Waals surface area (Å²) in [6.07, 6.45) is 4.13. The maximum atomic E-state index is 11.5. The van der Waals surface area contributed by atoms with Gasteiger partial charge in [-0.3, -0.25) is 9.59 Å². The molecule has 0 saturated carbocycles. The lowest BCUT2D eigenvalue weighted by molar-refractivity contribution is -0.144. The monoisotopic (exact) mass is 260 g/mol. The van der Waals surface area contributed by atoms with E-state index in [0.717, 1.165) is 5.56 Å². The molecule has 0 atom stereocenters. The third-order valence-electron chi connectivity index (χ3n) is 2.27. The molecule has 0 bridgehead atoms. The second kappa shape index (κ2) is 7.87. The van der Waals surface area contributed by atoms with Gasteiger partial charge in [0.15, 0.2) is 5.78 Å². The summed E-state index contributed by atoms with van der Waals surface area (Å²) in [5, 5.41) is 0. The Bertz CT molecular complexity index is 489. The van der Waals surface area contributed by atoms with Crippen molar-refractivity contribution in [1.29, 1.82) is 0 Å². The molecule has 0 spiro atoms. The molecule has 0 unspecified atom stereocenters. The van der Waals surface area contributed by atoms with E-state index in [1.807, 2.05) is 18.2 Å². The van der Waals surface area contributed by atoms with Crippen LogP contribution in [0, 0.1) is 0 Å². The van der Waals surface area contributed by atoms with Crippen LogP contribution in [-0.4, -0.2) is 25.5 Å². The Hall–Kier alpha value is -2.36. The molecule has 0 amide bonds. The Morgan fingerprint density at radius 2 is 2.05 bits per heavy atom. The Labute approximate surface area is 112 Å². The SMILES string of the molecule is C=CCOC(=O)CC(=O)C=Cc1ccccc1OC. The second-order valence-corrected chi connectivity index (χ2v) is 3.69. The van der Waals surface area contributed by atoms with Crippen LogP contribution < -0.4 is 4.74 Å². The lowest BCUT2D eigenvalue weighted by Gasteiger charge is -2.03. The van der Waals surface area contributed by atoms with Gasteiger partial charge >= 0.3 is 5.97 Å². The average Bonchev–Trinajstić information content (AvgIpc) is 2.43. The average molecular weight is 260 g/mol. The van der Waals surface area contributed by atoms with Crippen molar-refractivity contribution in [2.45, 2.75) is 6.42 Å². The number of hydrogen-bond acceptors (Lipinski definition) is 4. The summed E-state index contributed by atoms with van der Waals surface area (Å²) >= 11 is 0. The van der Waals surface area contributed by atoms with Crippen molar-refractivity contribution in [1.82, 2.24) is 0 Å². The minimum Gasteiger partial charge on any atom is -0.496 e. The van der Waals surface area contributed by atoms with Gasteiger partial charge in [-0.25, -0.2) is 0 Å². The molecule has 1 aromatic carbocycles. The van der Waals surface area contributed by atoms with Crippen molar-refractivity contribution in [2.75, 3.05) is 13.7 Å². The zero-order valence-electron chi connectivity index (χ0n) is 10.8. The van der Waals surface area contributed by atoms with Crippen molar-refractivity contribution in [3.8, 4) is 5.75 Å². The highest BCUT2D eigenvalue weighted by Crippen LogP contribution is 2.18. The van der Waals surface area contributed by atoms with E-state index in [2.05, 4.69) is 6.58 Å². The fraction of sp³-hybridized carbons (Fsp3) is 0.200. The summed E-state index contributed by atoms with van der Waals surface area (Å²) in [5.41, 5.74) is 0.776. The van der Waals surface area contributed by atoms with Gasteiger partial charge < -0.3 is 9.47 Å². The van der Waals surface area contributed by atoms with Gasteiger partial charge in [-0.05, 0) is 18.2 Å². The summed E-state index contributed by atoms with van der Waals surface area (Å²) < 4.78 is 9.87. The molecule has 0 heterocycles. The third kappa shape index (κ3) is 5.21. The molecule has 0 aliphatic rings. The Morgan fingerprint density at radius 3 is 2.74 bits per heavy atom. The molecule has 100 valence electrons. The van der Waals surface area contributed by atoms with Gasteiger partial charge in [0.25, 0.3) is 0 Å². The van der Waals surface area contributed by atoms with Crippen molar-refractivity contribution < 1.29 is 19.1 Å². The minimum absolute atomic E-state index is 0.113. The van der Waals surface area contributed by atoms with Crippen LogP contribution in [0.3, 0.4) is 0 Å². The molecule has 0 N–H and O–H groups in total. The van der Waals surface area contributed by atoms with Crippen molar-refractivity contribution in [3.63, 3.8) is 0 Å². The van der Waals surface area contributed by atoms with E-state index >= 15 is 0 Å². The van der Waals surface area contributed by atoms with Crippen molar-refractivity contribution in [2.24, 2.45) is 0 Å². The number of hydrogen-bond donors (Lipinski definition) is 0. The Kier molecular flexibility index (Phi) is 6.09. The van der Waals surface area contributed by atoms with E-state index in [1.54, 1.807) is 19.3 Å². The van der Waals surface area contributed by atoms with E-state index in [1.165, 1.54) is 12.2 Å². The van der Waals surface area contributed by atoms with Crippen LogP contribution in [0.1, 0.15) is 12.0 Å². The molecule has 1 aromatic rings. The zero-order chi connectivity index (χ0) is 14.1. The number of ether oxygens (including phenoxy) is 2. The van der Waals surface area contributed by atoms with Gasteiger partial charge in [-0.2, -0.15) is 0 Å². The first kappa shape index (κ1) is 14.7.